The van der Waals surface area contributed by atoms with E-state index in [9.17, 15) is 4.79 Å². The van der Waals surface area contributed by atoms with Gasteiger partial charge < -0.3 is 16.4 Å². The van der Waals surface area contributed by atoms with Crippen molar-refractivity contribution in [3.8, 4) is 0 Å². The molecule has 0 saturated carbocycles. The van der Waals surface area contributed by atoms with E-state index in [-0.39, 0.29) is 5.91 Å². The van der Waals surface area contributed by atoms with Crippen molar-refractivity contribution in [3.05, 3.63) is 0 Å². The van der Waals surface area contributed by atoms with Crippen LogP contribution in [0.4, 0.5) is 0 Å². The normalized spacial score (nSPS) is 17.7. The Labute approximate surface area is 134 Å². The number of aliphatic imine (C=N–C) groups is 1. The second-order valence-electron chi connectivity index (χ2n) is 6.06. The maximum atomic E-state index is 11.0. The van der Waals surface area contributed by atoms with E-state index in [0.717, 1.165) is 45.0 Å². The van der Waals surface area contributed by atoms with Gasteiger partial charge in [-0.2, -0.15) is 0 Å². The van der Waals surface area contributed by atoms with Crippen LogP contribution in [-0.4, -0.2) is 55.5 Å². The molecule has 0 aromatic heterocycles. The van der Waals surface area contributed by atoms with Crippen molar-refractivity contribution >= 4 is 11.9 Å². The number of guanidine groups is 1. The maximum absolute atomic E-state index is 11.0. The Bertz CT molecular complexity index is 346. The number of nitrogens with two attached hydrogens (primary N) is 1. The lowest BCUT2D eigenvalue weighted by Gasteiger charge is -2.32. The smallest absolute Gasteiger partial charge is 0.231 e. The molecule has 128 valence electrons. The second kappa shape index (κ2) is 10.4. The second-order valence-corrected chi connectivity index (χ2v) is 6.06. The Balaban J connectivity index is 2.43. The van der Waals surface area contributed by atoms with Crippen LogP contribution in [-0.2, 0) is 4.79 Å². The van der Waals surface area contributed by atoms with Crippen molar-refractivity contribution in [1.29, 1.82) is 0 Å². The standard InChI is InChI=1S/C16H33N5O/c1-4-13(5-2)11-19-16(18-6-3)20-14-7-9-21(10-8-14)12-15(17)22/h13-14H,4-12H2,1-3H3,(H2,17,22)(H2,18,19,20). The zero-order valence-electron chi connectivity index (χ0n) is 14.4. The molecule has 1 aliphatic heterocycles. The predicted molar refractivity (Wildman–Crippen MR) is 91.8 cm³/mol. The molecule has 4 N–H and O–H groups in total. The molecule has 1 fully saturated rings. The summed E-state index contributed by atoms with van der Waals surface area (Å²) in [7, 11) is 0. The number of hydrogen-bond acceptors (Lipinski definition) is 3. The van der Waals surface area contributed by atoms with Crippen LogP contribution in [0.5, 0.6) is 0 Å². The van der Waals surface area contributed by atoms with Gasteiger partial charge in [0.1, 0.15) is 0 Å². The zero-order chi connectivity index (χ0) is 16.4. The molecule has 1 rings (SSSR count). The molecule has 6 heteroatoms. The minimum atomic E-state index is -0.244. The fourth-order valence-electron chi connectivity index (χ4n) is 2.74. The third kappa shape index (κ3) is 7.11. The summed E-state index contributed by atoms with van der Waals surface area (Å²) in [6, 6.07) is 0.420. The van der Waals surface area contributed by atoms with E-state index in [4.69, 9.17) is 10.7 Å². The molecule has 22 heavy (non-hydrogen) atoms. The number of nitrogens with zero attached hydrogens (tertiary/aromatic N) is 2. The Kier molecular flexibility index (Phi) is 8.89. The van der Waals surface area contributed by atoms with Gasteiger partial charge in [-0.25, -0.2) is 0 Å². The van der Waals surface area contributed by atoms with Gasteiger partial charge in [0.25, 0.3) is 0 Å². The predicted octanol–water partition coefficient (Wildman–Crippen LogP) is 0.927. The number of rotatable bonds is 8. The molecule has 1 aliphatic rings. The third-order valence-electron chi connectivity index (χ3n) is 4.31. The first-order chi connectivity index (χ1) is 10.6. The summed E-state index contributed by atoms with van der Waals surface area (Å²) in [5, 5.41) is 6.86. The zero-order valence-corrected chi connectivity index (χ0v) is 14.4. The largest absolute Gasteiger partial charge is 0.369 e. The van der Waals surface area contributed by atoms with Gasteiger partial charge in [0.05, 0.1) is 6.54 Å². The van der Waals surface area contributed by atoms with Crippen LogP contribution in [0.2, 0.25) is 0 Å². The highest BCUT2D eigenvalue weighted by molar-refractivity contribution is 5.80. The highest BCUT2D eigenvalue weighted by Gasteiger charge is 2.20. The SMILES string of the molecule is CCNC(=NCC(CC)CC)NC1CCN(CC(N)=O)CC1. The quantitative estimate of drug-likeness (QED) is 0.460. The topological polar surface area (TPSA) is 82.8 Å². The first-order valence-electron chi connectivity index (χ1n) is 8.64. The van der Waals surface area contributed by atoms with Gasteiger partial charge in [-0.1, -0.05) is 26.7 Å². The lowest BCUT2D eigenvalue weighted by Crippen LogP contribution is -2.49. The molecule has 1 heterocycles. The lowest BCUT2D eigenvalue weighted by atomic mass is 10.0. The molecule has 0 bridgehead atoms. The highest BCUT2D eigenvalue weighted by Crippen LogP contribution is 2.10. The summed E-state index contributed by atoms with van der Waals surface area (Å²) in [6.45, 7) is 10.5. The lowest BCUT2D eigenvalue weighted by molar-refractivity contribution is -0.119. The molecular weight excluding hydrogens is 278 g/mol. The summed E-state index contributed by atoms with van der Waals surface area (Å²) in [6.07, 6.45) is 4.38. The summed E-state index contributed by atoms with van der Waals surface area (Å²) in [5.74, 6) is 1.34. The maximum Gasteiger partial charge on any atom is 0.231 e. The van der Waals surface area contributed by atoms with Crippen molar-refractivity contribution in [2.75, 3.05) is 32.7 Å². The number of carbonyl (C=O) groups excluding carboxylic acids is 1. The molecule has 0 unspecified atom stereocenters. The van der Waals surface area contributed by atoms with Crippen LogP contribution in [0, 0.1) is 5.92 Å². The summed E-state index contributed by atoms with van der Waals surface area (Å²) < 4.78 is 0. The molecular formula is C16H33N5O. The van der Waals surface area contributed by atoms with Crippen molar-refractivity contribution in [2.24, 2.45) is 16.6 Å². The molecule has 0 aliphatic carbocycles. The van der Waals surface area contributed by atoms with Crippen molar-refractivity contribution in [3.63, 3.8) is 0 Å². The average Bonchev–Trinajstić information content (AvgIpc) is 2.50. The summed E-state index contributed by atoms with van der Waals surface area (Å²) in [5.41, 5.74) is 5.25. The molecule has 1 amide bonds. The number of hydrogen-bond donors (Lipinski definition) is 3. The third-order valence-corrected chi connectivity index (χ3v) is 4.31. The van der Waals surface area contributed by atoms with Gasteiger partial charge >= 0.3 is 0 Å². The van der Waals surface area contributed by atoms with Crippen molar-refractivity contribution < 1.29 is 4.79 Å². The van der Waals surface area contributed by atoms with Crippen LogP contribution in [0.15, 0.2) is 4.99 Å². The summed E-state index contributed by atoms with van der Waals surface area (Å²) in [4.78, 5) is 17.8. The van der Waals surface area contributed by atoms with E-state index in [0.29, 0.717) is 18.5 Å². The Morgan fingerprint density at radius 3 is 2.41 bits per heavy atom. The Morgan fingerprint density at radius 2 is 1.91 bits per heavy atom. The number of likely N-dealkylation sites (tertiary alicyclic amines) is 1. The van der Waals surface area contributed by atoms with Gasteiger partial charge in [-0.15, -0.1) is 0 Å². The van der Waals surface area contributed by atoms with Gasteiger partial charge in [-0.3, -0.25) is 14.7 Å². The fourth-order valence-corrected chi connectivity index (χ4v) is 2.74. The average molecular weight is 311 g/mol. The van der Waals surface area contributed by atoms with Crippen LogP contribution in [0.1, 0.15) is 46.5 Å². The first kappa shape index (κ1) is 18.7. The number of amides is 1. The van der Waals surface area contributed by atoms with Gasteiger partial charge in [0.15, 0.2) is 5.96 Å². The van der Waals surface area contributed by atoms with Crippen molar-refractivity contribution in [1.82, 2.24) is 15.5 Å². The van der Waals surface area contributed by atoms with Crippen LogP contribution >= 0.6 is 0 Å². The van der Waals surface area contributed by atoms with Crippen LogP contribution < -0.4 is 16.4 Å². The van der Waals surface area contributed by atoms with Crippen molar-refractivity contribution in [2.45, 2.75) is 52.5 Å². The van der Waals surface area contributed by atoms with Gasteiger partial charge in [-0.05, 0) is 25.7 Å². The van der Waals surface area contributed by atoms with E-state index in [1.807, 2.05) is 0 Å². The Morgan fingerprint density at radius 1 is 1.27 bits per heavy atom. The van der Waals surface area contributed by atoms with E-state index >= 15 is 0 Å². The van der Waals surface area contributed by atoms with Gasteiger partial charge in [0.2, 0.25) is 5.91 Å². The minimum absolute atomic E-state index is 0.244. The van der Waals surface area contributed by atoms with E-state index < -0.39 is 0 Å². The minimum Gasteiger partial charge on any atom is -0.369 e. The highest BCUT2D eigenvalue weighted by atomic mass is 16.1. The number of carbonyl (C=O) groups is 1. The van der Waals surface area contributed by atoms with Crippen LogP contribution in [0.25, 0.3) is 0 Å². The van der Waals surface area contributed by atoms with E-state index in [2.05, 4.69) is 36.3 Å². The fraction of sp³-hybridized carbons (Fsp3) is 0.875. The van der Waals surface area contributed by atoms with E-state index in [1.54, 1.807) is 0 Å². The molecule has 0 aromatic rings. The van der Waals surface area contributed by atoms with Crippen LogP contribution in [0.3, 0.4) is 0 Å². The summed E-state index contributed by atoms with van der Waals surface area (Å²) >= 11 is 0. The first-order valence-corrected chi connectivity index (χ1v) is 8.64. The monoisotopic (exact) mass is 311 g/mol. The molecule has 6 nitrogen and oxygen atoms in total. The van der Waals surface area contributed by atoms with E-state index in [1.165, 1.54) is 12.8 Å². The number of primary amides is 1. The Hall–Kier alpha value is -1.30. The molecule has 0 spiro atoms. The number of nitrogens with one attached hydrogen (secondary N) is 2. The number of piperidine rings is 1. The molecule has 0 radical (unpaired) electrons. The molecule has 1 saturated heterocycles. The molecule has 0 atom stereocenters. The van der Waals surface area contributed by atoms with Gasteiger partial charge in [0, 0.05) is 32.2 Å². The molecule has 0 aromatic carbocycles.